The molecule has 10 nitrogen and oxygen atoms in total. The minimum atomic E-state index is -4.34. The molecular weight excluding hydrogens is 578 g/mol. The van der Waals surface area contributed by atoms with Crippen molar-refractivity contribution in [3.8, 4) is 17.2 Å². The monoisotopic (exact) mass is 605 g/mol. The Labute approximate surface area is 240 Å². The normalized spacial score (nSPS) is 11.5. The number of fused-ring (bicyclic) bond motifs is 1. The highest BCUT2D eigenvalue weighted by atomic mass is 35.5. The molecule has 0 unspecified atom stereocenters. The van der Waals surface area contributed by atoms with Crippen LogP contribution in [0.25, 0.3) is 10.2 Å². The third-order valence-electron chi connectivity index (χ3n) is 6.05. The van der Waals surface area contributed by atoms with Crippen LogP contribution < -0.4 is 28.7 Å². The SMILES string of the molecule is COc1ccc(S(=O)(=O)N(CC(=O)Nc2ccc3c(c2)sc(=O)n3C(C)C)c2cc(Cl)ccc2OC)cc1OC. The molecule has 40 heavy (non-hydrogen) atoms. The number of nitrogens with zero attached hydrogens (tertiary/aromatic N) is 2. The molecule has 4 rings (SSSR count). The van der Waals surface area contributed by atoms with Crippen LogP contribution in [-0.2, 0) is 14.8 Å². The van der Waals surface area contributed by atoms with Gasteiger partial charge < -0.3 is 19.5 Å². The summed E-state index contributed by atoms with van der Waals surface area (Å²) in [6, 6.07) is 13.7. The Hall–Kier alpha value is -3.74. The first-order valence-corrected chi connectivity index (χ1v) is 14.7. The molecule has 0 fully saturated rings. The van der Waals surface area contributed by atoms with Gasteiger partial charge in [0.1, 0.15) is 12.3 Å². The lowest BCUT2D eigenvalue weighted by Gasteiger charge is -2.26. The second kappa shape index (κ2) is 11.8. The van der Waals surface area contributed by atoms with E-state index in [2.05, 4.69) is 5.32 Å². The van der Waals surface area contributed by atoms with Crippen LogP contribution in [0.5, 0.6) is 17.2 Å². The third-order valence-corrected chi connectivity index (χ3v) is 8.96. The minimum absolute atomic E-state index is 0.0234. The van der Waals surface area contributed by atoms with Gasteiger partial charge in [0.2, 0.25) is 5.91 Å². The van der Waals surface area contributed by atoms with Crippen molar-refractivity contribution in [3.63, 3.8) is 0 Å². The lowest BCUT2D eigenvalue weighted by atomic mass is 10.2. The van der Waals surface area contributed by atoms with Gasteiger partial charge in [-0.25, -0.2) is 8.42 Å². The van der Waals surface area contributed by atoms with Crippen LogP contribution in [0.3, 0.4) is 0 Å². The molecule has 0 aliphatic heterocycles. The smallest absolute Gasteiger partial charge is 0.308 e. The van der Waals surface area contributed by atoms with Crippen LogP contribution in [0, 0.1) is 0 Å². The Balaban J connectivity index is 1.73. The molecule has 0 radical (unpaired) electrons. The maximum absolute atomic E-state index is 14.0. The number of anilines is 2. The molecule has 0 aliphatic carbocycles. The van der Waals surface area contributed by atoms with Crippen LogP contribution in [-0.4, -0.2) is 46.8 Å². The zero-order valence-corrected chi connectivity index (χ0v) is 24.8. The Kier molecular flexibility index (Phi) is 8.62. The van der Waals surface area contributed by atoms with E-state index in [1.54, 1.807) is 28.8 Å². The number of methoxy groups -OCH3 is 3. The molecule has 3 aromatic carbocycles. The van der Waals surface area contributed by atoms with Crippen molar-refractivity contribution < 1.29 is 27.4 Å². The number of ether oxygens (including phenoxy) is 3. The molecule has 1 amide bonds. The van der Waals surface area contributed by atoms with Gasteiger partial charge in [-0.15, -0.1) is 0 Å². The highest BCUT2D eigenvalue weighted by Crippen LogP contribution is 2.37. The number of hydrogen-bond acceptors (Lipinski definition) is 8. The molecule has 0 atom stereocenters. The van der Waals surface area contributed by atoms with Gasteiger partial charge in [0.05, 0.1) is 42.1 Å². The predicted octanol–water partition coefficient (Wildman–Crippen LogP) is 5.16. The standard InChI is InChI=1S/C27H28ClN3O7S2/c1-16(2)31-20-9-7-18(13-25(20)39-27(31)33)29-26(32)15-30(21-12-17(28)6-10-22(21)36-3)40(34,35)19-8-11-23(37-4)24(14-19)38-5/h6-14,16H,15H2,1-5H3,(H,29,32). The highest BCUT2D eigenvalue weighted by Gasteiger charge is 2.31. The summed E-state index contributed by atoms with van der Waals surface area (Å²) in [6.07, 6.45) is 0. The average Bonchev–Trinajstić information content (AvgIpc) is 3.26. The number of carbonyl (C=O) groups excluding carboxylic acids is 1. The topological polar surface area (TPSA) is 116 Å². The summed E-state index contributed by atoms with van der Waals surface area (Å²) in [7, 11) is -0.123. The van der Waals surface area contributed by atoms with Gasteiger partial charge >= 0.3 is 4.87 Å². The number of nitrogens with one attached hydrogen (secondary N) is 1. The Bertz CT molecular complexity index is 1730. The Morgan fingerprint density at radius 3 is 2.30 bits per heavy atom. The van der Waals surface area contributed by atoms with Gasteiger partial charge in [0.15, 0.2) is 11.5 Å². The van der Waals surface area contributed by atoms with Crippen LogP contribution in [0.1, 0.15) is 19.9 Å². The van der Waals surface area contributed by atoms with Gasteiger partial charge in [-0.2, -0.15) is 0 Å². The Morgan fingerprint density at radius 2 is 1.65 bits per heavy atom. The summed E-state index contributed by atoms with van der Waals surface area (Å²) in [4.78, 5) is 25.5. The quantitative estimate of drug-likeness (QED) is 0.265. The number of hydrogen-bond donors (Lipinski definition) is 1. The molecule has 0 aliphatic rings. The lowest BCUT2D eigenvalue weighted by molar-refractivity contribution is -0.114. The number of carbonyl (C=O) groups is 1. The number of thiazole rings is 1. The summed E-state index contributed by atoms with van der Waals surface area (Å²) in [5.74, 6) is 0.116. The van der Waals surface area contributed by atoms with Crippen molar-refractivity contribution in [1.29, 1.82) is 0 Å². The summed E-state index contributed by atoms with van der Waals surface area (Å²) >= 11 is 7.29. The molecule has 4 aromatic rings. The first kappa shape index (κ1) is 29.2. The van der Waals surface area contributed by atoms with Gasteiger partial charge in [0.25, 0.3) is 10.0 Å². The first-order chi connectivity index (χ1) is 19.0. The van der Waals surface area contributed by atoms with E-state index >= 15 is 0 Å². The number of benzene rings is 3. The van der Waals surface area contributed by atoms with Crippen LogP contribution >= 0.6 is 22.9 Å². The fourth-order valence-corrected chi connectivity index (χ4v) is 6.85. The zero-order valence-electron chi connectivity index (χ0n) is 22.4. The van der Waals surface area contributed by atoms with E-state index in [4.69, 9.17) is 25.8 Å². The number of halogens is 1. The van der Waals surface area contributed by atoms with Crippen molar-refractivity contribution in [2.45, 2.75) is 24.8 Å². The number of sulfonamides is 1. The number of rotatable bonds is 10. The van der Waals surface area contributed by atoms with Gasteiger partial charge in [-0.1, -0.05) is 22.9 Å². The Morgan fingerprint density at radius 1 is 0.975 bits per heavy atom. The largest absolute Gasteiger partial charge is 0.495 e. The molecule has 1 aromatic heterocycles. The van der Waals surface area contributed by atoms with E-state index in [0.29, 0.717) is 16.1 Å². The zero-order chi connectivity index (χ0) is 29.2. The molecule has 13 heteroatoms. The van der Waals surface area contributed by atoms with Crippen molar-refractivity contribution in [3.05, 3.63) is 69.3 Å². The molecule has 0 bridgehead atoms. The van der Waals surface area contributed by atoms with Gasteiger partial charge in [-0.05, 0) is 62.4 Å². The van der Waals surface area contributed by atoms with Crippen molar-refractivity contribution in [1.82, 2.24) is 4.57 Å². The molecule has 0 saturated heterocycles. The summed E-state index contributed by atoms with van der Waals surface area (Å²) < 4.78 is 47.1. The first-order valence-electron chi connectivity index (χ1n) is 12.0. The van der Waals surface area contributed by atoms with E-state index in [-0.39, 0.29) is 38.0 Å². The lowest BCUT2D eigenvalue weighted by Crippen LogP contribution is -2.38. The second-order valence-electron chi connectivity index (χ2n) is 8.91. The van der Waals surface area contributed by atoms with Crippen molar-refractivity contribution >= 4 is 60.5 Å². The number of amides is 1. The maximum Gasteiger partial charge on any atom is 0.308 e. The average molecular weight is 606 g/mol. The van der Waals surface area contributed by atoms with E-state index < -0.39 is 22.5 Å². The van der Waals surface area contributed by atoms with E-state index in [1.165, 1.54) is 51.7 Å². The van der Waals surface area contributed by atoms with E-state index in [9.17, 15) is 18.0 Å². The van der Waals surface area contributed by atoms with Gasteiger partial charge in [0, 0.05) is 22.8 Å². The summed E-state index contributed by atoms with van der Waals surface area (Å²) in [5.41, 5.74) is 1.24. The molecule has 0 spiro atoms. The predicted molar refractivity (Wildman–Crippen MR) is 157 cm³/mol. The van der Waals surface area contributed by atoms with Crippen LogP contribution in [0.15, 0.2) is 64.3 Å². The van der Waals surface area contributed by atoms with Crippen molar-refractivity contribution in [2.24, 2.45) is 0 Å². The minimum Gasteiger partial charge on any atom is -0.495 e. The molecule has 212 valence electrons. The van der Waals surface area contributed by atoms with Crippen molar-refractivity contribution in [2.75, 3.05) is 37.5 Å². The van der Waals surface area contributed by atoms with Crippen LogP contribution in [0.2, 0.25) is 5.02 Å². The molecule has 1 N–H and O–H groups in total. The third kappa shape index (κ3) is 5.74. The number of aromatic nitrogens is 1. The molecular formula is C27H28ClN3O7S2. The maximum atomic E-state index is 14.0. The highest BCUT2D eigenvalue weighted by molar-refractivity contribution is 7.92. The molecule has 0 saturated carbocycles. The summed E-state index contributed by atoms with van der Waals surface area (Å²) in [5, 5.41) is 2.99. The fraction of sp³-hybridized carbons (Fsp3) is 0.259. The van der Waals surface area contributed by atoms with E-state index in [1.807, 2.05) is 13.8 Å². The van der Waals surface area contributed by atoms with Crippen LogP contribution in [0.4, 0.5) is 11.4 Å². The molecule has 1 heterocycles. The fourth-order valence-electron chi connectivity index (χ4n) is 4.20. The summed E-state index contributed by atoms with van der Waals surface area (Å²) in [6.45, 7) is 3.23. The second-order valence-corrected chi connectivity index (χ2v) is 12.2. The van der Waals surface area contributed by atoms with E-state index in [0.717, 1.165) is 21.2 Å². The van der Waals surface area contributed by atoms with Gasteiger partial charge in [-0.3, -0.25) is 18.5 Å².